The number of sulfone groups is 1. The quantitative estimate of drug-likeness (QED) is 0.428. The lowest BCUT2D eigenvalue weighted by Crippen LogP contribution is -2.41. The minimum Gasteiger partial charge on any atom is -0.329 e. The molecule has 1 atom stereocenters. The molecule has 1 aliphatic heterocycles. The van der Waals surface area contributed by atoms with Gasteiger partial charge in [0.15, 0.2) is 15.0 Å². The standard InChI is InChI=1S/C20H24BrN3O3S2/c1-3-14-5-7-15(8-6-14)12-24(16-9-10-29(26,27)13-16)19(25)18-17(21)11-22-20(23-18)28-4-2/h5-8,11,16H,3-4,9-10,12-13H2,1-2H3/t16-/m0/s1. The predicted molar refractivity (Wildman–Crippen MR) is 119 cm³/mol. The second kappa shape index (κ2) is 9.57. The van der Waals surface area contributed by atoms with E-state index < -0.39 is 9.84 Å². The Morgan fingerprint density at radius 1 is 1.24 bits per heavy atom. The van der Waals surface area contributed by atoms with Crippen LogP contribution >= 0.6 is 27.7 Å². The van der Waals surface area contributed by atoms with E-state index in [2.05, 4.69) is 32.8 Å². The molecule has 0 bridgehead atoms. The molecule has 0 radical (unpaired) electrons. The number of halogens is 1. The van der Waals surface area contributed by atoms with Crippen LogP contribution in [0.5, 0.6) is 0 Å². The molecule has 6 nitrogen and oxygen atoms in total. The van der Waals surface area contributed by atoms with Gasteiger partial charge in [0, 0.05) is 18.8 Å². The van der Waals surface area contributed by atoms with Crippen LogP contribution in [-0.4, -0.2) is 52.5 Å². The fraction of sp³-hybridized carbons (Fsp3) is 0.450. The van der Waals surface area contributed by atoms with E-state index >= 15 is 0 Å². The van der Waals surface area contributed by atoms with Gasteiger partial charge < -0.3 is 4.90 Å². The molecule has 156 valence electrons. The molecule has 0 spiro atoms. The lowest BCUT2D eigenvalue weighted by atomic mass is 10.1. The number of aryl methyl sites for hydroxylation is 1. The zero-order chi connectivity index (χ0) is 21.0. The van der Waals surface area contributed by atoms with Crippen molar-refractivity contribution in [3.63, 3.8) is 0 Å². The summed E-state index contributed by atoms with van der Waals surface area (Å²) in [5.41, 5.74) is 2.45. The van der Waals surface area contributed by atoms with Crippen molar-refractivity contribution in [2.75, 3.05) is 17.3 Å². The van der Waals surface area contributed by atoms with Crippen LogP contribution in [-0.2, 0) is 22.8 Å². The summed E-state index contributed by atoms with van der Waals surface area (Å²) in [7, 11) is -3.13. The number of thioether (sulfide) groups is 1. The number of rotatable bonds is 7. The third-order valence-electron chi connectivity index (χ3n) is 4.89. The van der Waals surface area contributed by atoms with Gasteiger partial charge in [0.25, 0.3) is 5.91 Å². The molecule has 1 aliphatic rings. The van der Waals surface area contributed by atoms with Gasteiger partial charge >= 0.3 is 0 Å². The van der Waals surface area contributed by atoms with Gasteiger partial charge in [0.05, 0.1) is 16.0 Å². The van der Waals surface area contributed by atoms with Crippen molar-refractivity contribution in [1.29, 1.82) is 0 Å². The third-order valence-corrected chi connectivity index (χ3v) is 7.97. The molecule has 29 heavy (non-hydrogen) atoms. The van der Waals surface area contributed by atoms with Crippen LogP contribution in [0, 0.1) is 0 Å². The van der Waals surface area contributed by atoms with Gasteiger partial charge in [-0.05, 0) is 45.7 Å². The maximum absolute atomic E-state index is 13.4. The van der Waals surface area contributed by atoms with E-state index in [-0.39, 0.29) is 29.1 Å². The highest BCUT2D eigenvalue weighted by Crippen LogP contribution is 2.26. The Kier molecular flexibility index (Phi) is 7.34. The Morgan fingerprint density at radius 3 is 2.52 bits per heavy atom. The maximum Gasteiger partial charge on any atom is 0.274 e. The lowest BCUT2D eigenvalue weighted by molar-refractivity contribution is 0.0672. The number of carbonyl (C=O) groups is 1. The van der Waals surface area contributed by atoms with Crippen LogP contribution in [0.2, 0.25) is 0 Å². The van der Waals surface area contributed by atoms with Crippen LogP contribution < -0.4 is 0 Å². The summed E-state index contributed by atoms with van der Waals surface area (Å²) >= 11 is 4.84. The van der Waals surface area contributed by atoms with Crippen molar-refractivity contribution in [3.05, 3.63) is 51.8 Å². The minimum atomic E-state index is -3.13. The van der Waals surface area contributed by atoms with E-state index in [0.717, 1.165) is 17.7 Å². The molecule has 1 saturated heterocycles. The number of hydrogen-bond donors (Lipinski definition) is 0. The van der Waals surface area contributed by atoms with Crippen LogP contribution in [0.4, 0.5) is 0 Å². The third kappa shape index (κ3) is 5.58. The molecule has 2 aromatic rings. The first-order valence-electron chi connectivity index (χ1n) is 9.57. The molecule has 0 N–H and O–H groups in total. The Hall–Kier alpha value is -1.45. The van der Waals surface area contributed by atoms with Crippen molar-refractivity contribution in [2.45, 2.75) is 44.4 Å². The fourth-order valence-corrected chi connectivity index (χ4v) is 5.93. The van der Waals surface area contributed by atoms with Crippen molar-refractivity contribution in [1.82, 2.24) is 14.9 Å². The molecule has 1 fully saturated rings. The second-order valence-electron chi connectivity index (χ2n) is 6.94. The average Bonchev–Trinajstić information content (AvgIpc) is 3.07. The van der Waals surface area contributed by atoms with Crippen molar-refractivity contribution in [2.24, 2.45) is 0 Å². The number of hydrogen-bond acceptors (Lipinski definition) is 6. The maximum atomic E-state index is 13.4. The highest BCUT2D eigenvalue weighted by Gasteiger charge is 2.36. The largest absolute Gasteiger partial charge is 0.329 e. The monoisotopic (exact) mass is 497 g/mol. The van der Waals surface area contributed by atoms with Crippen molar-refractivity contribution < 1.29 is 13.2 Å². The normalized spacial score (nSPS) is 18.0. The minimum absolute atomic E-state index is 0.00888. The molecule has 3 rings (SSSR count). The molecule has 9 heteroatoms. The highest BCUT2D eigenvalue weighted by molar-refractivity contribution is 9.10. The Balaban J connectivity index is 1.93. The van der Waals surface area contributed by atoms with Crippen LogP contribution in [0.3, 0.4) is 0 Å². The molecule has 0 aliphatic carbocycles. The van der Waals surface area contributed by atoms with Crippen LogP contribution in [0.15, 0.2) is 40.1 Å². The van der Waals surface area contributed by atoms with Gasteiger partial charge in [-0.15, -0.1) is 0 Å². The Bertz CT molecular complexity index is 981. The van der Waals surface area contributed by atoms with E-state index in [1.807, 2.05) is 31.2 Å². The number of aromatic nitrogens is 2. The first-order chi connectivity index (χ1) is 13.8. The SMILES string of the molecule is CCSc1ncc(Br)c(C(=O)N(Cc2ccc(CC)cc2)[C@H]2CCS(=O)(=O)C2)n1. The van der Waals surface area contributed by atoms with Gasteiger partial charge in [-0.25, -0.2) is 18.4 Å². The van der Waals surface area contributed by atoms with Crippen molar-refractivity contribution in [3.8, 4) is 0 Å². The number of amides is 1. The Morgan fingerprint density at radius 2 is 1.93 bits per heavy atom. The van der Waals surface area contributed by atoms with Gasteiger partial charge in [0.1, 0.15) is 5.69 Å². The summed E-state index contributed by atoms with van der Waals surface area (Å²) in [5, 5.41) is 0.533. The van der Waals surface area contributed by atoms with Gasteiger partial charge in [-0.1, -0.05) is 49.9 Å². The molecule has 1 aromatic carbocycles. The summed E-state index contributed by atoms with van der Waals surface area (Å²) in [5.74, 6) is 0.617. The summed E-state index contributed by atoms with van der Waals surface area (Å²) in [4.78, 5) is 23.8. The smallest absolute Gasteiger partial charge is 0.274 e. The molecule has 1 aromatic heterocycles. The molecular weight excluding hydrogens is 474 g/mol. The summed E-state index contributed by atoms with van der Waals surface area (Å²) in [6, 6.07) is 7.72. The molecule has 0 unspecified atom stereocenters. The van der Waals surface area contributed by atoms with E-state index in [9.17, 15) is 13.2 Å². The van der Waals surface area contributed by atoms with Crippen molar-refractivity contribution >= 4 is 43.4 Å². The molecule has 2 heterocycles. The average molecular weight is 498 g/mol. The fourth-order valence-electron chi connectivity index (χ4n) is 3.30. The van der Waals surface area contributed by atoms with Crippen LogP contribution in [0.1, 0.15) is 41.9 Å². The molecule has 0 saturated carbocycles. The van der Waals surface area contributed by atoms with E-state index in [0.29, 0.717) is 22.6 Å². The zero-order valence-electron chi connectivity index (χ0n) is 16.5. The topological polar surface area (TPSA) is 80.2 Å². The highest BCUT2D eigenvalue weighted by atomic mass is 79.9. The molecular formula is C20H24BrN3O3S2. The first kappa shape index (κ1) is 22.2. The number of nitrogens with zero attached hydrogens (tertiary/aromatic N) is 3. The van der Waals surface area contributed by atoms with E-state index in [4.69, 9.17) is 0 Å². The van der Waals surface area contributed by atoms with Crippen LogP contribution in [0.25, 0.3) is 0 Å². The van der Waals surface area contributed by atoms with Gasteiger partial charge in [0.2, 0.25) is 0 Å². The number of benzene rings is 1. The molecule has 1 amide bonds. The summed E-state index contributed by atoms with van der Waals surface area (Å²) in [6.45, 7) is 4.43. The first-order valence-corrected chi connectivity index (χ1v) is 13.2. The summed E-state index contributed by atoms with van der Waals surface area (Å²) in [6.07, 6.45) is 2.97. The second-order valence-corrected chi connectivity index (χ2v) is 11.3. The van der Waals surface area contributed by atoms with Gasteiger partial charge in [-0.3, -0.25) is 4.79 Å². The summed E-state index contributed by atoms with van der Waals surface area (Å²) < 4.78 is 24.7. The van der Waals surface area contributed by atoms with E-state index in [1.165, 1.54) is 17.3 Å². The lowest BCUT2D eigenvalue weighted by Gasteiger charge is -2.28. The zero-order valence-corrected chi connectivity index (χ0v) is 19.7. The van der Waals surface area contributed by atoms with Gasteiger partial charge in [-0.2, -0.15) is 0 Å². The predicted octanol–water partition coefficient (Wildman–Crippen LogP) is 3.74. The Labute approximate surface area is 184 Å². The van der Waals surface area contributed by atoms with E-state index in [1.54, 1.807) is 11.1 Å². The number of carbonyl (C=O) groups excluding carboxylic acids is 1.